The first-order valence-corrected chi connectivity index (χ1v) is 7.19. The summed E-state index contributed by atoms with van der Waals surface area (Å²) < 4.78 is 0. The van der Waals surface area contributed by atoms with Gasteiger partial charge in [-0.2, -0.15) is 5.26 Å². The predicted molar refractivity (Wildman–Crippen MR) is 80.3 cm³/mol. The van der Waals surface area contributed by atoms with Gasteiger partial charge in [-0.3, -0.25) is 10.1 Å². The lowest BCUT2D eigenvalue weighted by molar-refractivity contribution is -0.384. The molecule has 1 fully saturated rings. The molecule has 1 saturated carbocycles. The fourth-order valence-electron chi connectivity index (χ4n) is 2.14. The Hall–Kier alpha value is -2.36. The normalized spacial score (nSPS) is 13.5. The van der Waals surface area contributed by atoms with Gasteiger partial charge >= 0.3 is 0 Å². The Morgan fingerprint density at radius 1 is 1.57 bits per heavy atom. The van der Waals surface area contributed by atoms with E-state index >= 15 is 0 Å². The van der Waals surface area contributed by atoms with E-state index < -0.39 is 4.92 Å². The number of aromatic nitrogens is 1. The molecule has 112 valence electrons. The highest BCUT2D eigenvalue weighted by Crippen LogP contribution is 2.33. The molecule has 1 N–H and O–H groups in total. The molecule has 0 atom stereocenters. The van der Waals surface area contributed by atoms with Crippen molar-refractivity contribution >= 4 is 17.3 Å². The van der Waals surface area contributed by atoms with Gasteiger partial charge in [0.25, 0.3) is 5.69 Å². The van der Waals surface area contributed by atoms with Crippen LogP contribution in [0.25, 0.3) is 0 Å². The molecular formula is C14H19N5O2. The minimum Gasteiger partial charge on any atom is -0.370 e. The van der Waals surface area contributed by atoms with E-state index in [1.165, 1.54) is 12.1 Å². The molecule has 0 aliphatic heterocycles. The quantitative estimate of drug-likeness (QED) is 0.584. The summed E-state index contributed by atoms with van der Waals surface area (Å²) in [5.41, 5.74) is 0.0289. The van der Waals surface area contributed by atoms with Crippen LogP contribution in [-0.4, -0.2) is 29.0 Å². The first-order chi connectivity index (χ1) is 10.2. The number of pyridine rings is 1. The number of nitrogens with zero attached hydrogens (tertiary/aromatic N) is 4. The third kappa shape index (κ3) is 4.05. The van der Waals surface area contributed by atoms with Crippen molar-refractivity contribution in [2.24, 2.45) is 0 Å². The van der Waals surface area contributed by atoms with E-state index in [0.717, 1.165) is 25.8 Å². The van der Waals surface area contributed by atoms with E-state index in [-0.39, 0.29) is 5.69 Å². The van der Waals surface area contributed by atoms with E-state index in [4.69, 9.17) is 5.26 Å². The Morgan fingerprint density at radius 3 is 2.90 bits per heavy atom. The summed E-state index contributed by atoms with van der Waals surface area (Å²) in [5, 5.41) is 22.9. The molecular weight excluding hydrogens is 270 g/mol. The molecule has 0 aromatic carbocycles. The molecule has 1 aromatic heterocycles. The van der Waals surface area contributed by atoms with E-state index in [1.54, 1.807) is 0 Å². The minimum absolute atomic E-state index is 0.0289. The van der Waals surface area contributed by atoms with E-state index in [9.17, 15) is 10.1 Å². The molecule has 7 nitrogen and oxygen atoms in total. The molecule has 1 aromatic rings. The first-order valence-electron chi connectivity index (χ1n) is 7.19. The van der Waals surface area contributed by atoms with Crippen LogP contribution >= 0.6 is 0 Å². The molecule has 1 aliphatic carbocycles. The Labute approximate surface area is 123 Å². The average molecular weight is 289 g/mol. The average Bonchev–Trinajstić information content (AvgIpc) is 3.30. The van der Waals surface area contributed by atoms with Gasteiger partial charge in [0.15, 0.2) is 0 Å². The largest absolute Gasteiger partial charge is 0.370 e. The Morgan fingerprint density at radius 2 is 2.33 bits per heavy atom. The molecule has 0 saturated heterocycles. The van der Waals surface area contributed by atoms with Crippen LogP contribution in [0, 0.1) is 21.4 Å². The Kier molecular flexibility index (Phi) is 4.93. The highest BCUT2D eigenvalue weighted by molar-refractivity contribution is 5.57. The lowest BCUT2D eigenvalue weighted by Gasteiger charge is -2.22. The summed E-state index contributed by atoms with van der Waals surface area (Å²) in [5.74, 6) is 1.10. The third-order valence-corrected chi connectivity index (χ3v) is 3.31. The number of nitrogens with one attached hydrogen (secondary N) is 1. The molecule has 21 heavy (non-hydrogen) atoms. The highest BCUT2D eigenvalue weighted by atomic mass is 16.6. The van der Waals surface area contributed by atoms with E-state index in [1.807, 2.05) is 11.8 Å². The summed E-state index contributed by atoms with van der Waals surface area (Å²) in [4.78, 5) is 17.2. The molecule has 7 heteroatoms. The second-order valence-corrected chi connectivity index (χ2v) is 5.09. The van der Waals surface area contributed by atoms with Crippen molar-refractivity contribution in [3.8, 4) is 6.07 Å². The summed E-state index contributed by atoms with van der Waals surface area (Å²) in [6, 6.07) is 5.42. The van der Waals surface area contributed by atoms with Crippen LogP contribution in [0.3, 0.4) is 0 Å². The van der Waals surface area contributed by atoms with Crippen molar-refractivity contribution in [2.75, 3.05) is 23.3 Å². The van der Waals surface area contributed by atoms with Gasteiger partial charge < -0.3 is 10.2 Å². The number of rotatable bonds is 8. The van der Waals surface area contributed by atoms with Crippen LogP contribution in [-0.2, 0) is 0 Å². The highest BCUT2D eigenvalue weighted by Gasteiger charge is 2.30. The smallest absolute Gasteiger partial charge is 0.276 e. The van der Waals surface area contributed by atoms with Crippen molar-refractivity contribution in [2.45, 2.75) is 38.6 Å². The Balaban J connectivity index is 2.28. The zero-order valence-electron chi connectivity index (χ0n) is 12.1. The molecule has 1 heterocycles. The van der Waals surface area contributed by atoms with Gasteiger partial charge in [-0.1, -0.05) is 6.92 Å². The van der Waals surface area contributed by atoms with E-state index in [0.29, 0.717) is 30.6 Å². The number of nitriles is 1. The number of anilines is 2. The fraction of sp³-hybridized carbons (Fsp3) is 0.571. The molecule has 0 bridgehead atoms. The molecule has 0 spiro atoms. The Bertz CT molecular complexity index is 551. The topological polar surface area (TPSA) is 95.1 Å². The summed E-state index contributed by atoms with van der Waals surface area (Å²) in [6.07, 6.45) is 3.40. The minimum atomic E-state index is -0.405. The van der Waals surface area contributed by atoms with Crippen molar-refractivity contribution in [1.82, 2.24) is 4.98 Å². The number of nitro groups is 1. The maximum atomic E-state index is 11.1. The maximum Gasteiger partial charge on any atom is 0.276 e. The lowest BCUT2D eigenvalue weighted by Crippen LogP contribution is -2.27. The van der Waals surface area contributed by atoms with Gasteiger partial charge in [-0.05, 0) is 19.3 Å². The van der Waals surface area contributed by atoms with Gasteiger partial charge in [0.2, 0.25) is 0 Å². The van der Waals surface area contributed by atoms with Crippen molar-refractivity contribution in [3.63, 3.8) is 0 Å². The van der Waals surface area contributed by atoms with Crippen molar-refractivity contribution < 1.29 is 4.92 Å². The zero-order chi connectivity index (χ0) is 15.2. The summed E-state index contributed by atoms with van der Waals surface area (Å²) in [6.45, 7) is 3.30. The van der Waals surface area contributed by atoms with Crippen LogP contribution in [0.15, 0.2) is 12.1 Å². The molecule has 2 rings (SSSR count). The predicted octanol–water partition coefficient (Wildman–Crippen LogP) is 2.69. The van der Waals surface area contributed by atoms with Crippen LogP contribution in [0.5, 0.6) is 0 Å². The van der Waals surface area contributed by atoms with Crippen LogP contribution in [0.4, 0.5) is 17.3 Å². The van der Waals surface area contributed by atoms with Crippen LogP contribution < -0.4 is 10.2 Å². The number of hydrogen-bond acceptors (Lipinski definition) is 6. The molecule has 0 unspecified atom stereocenters. The monoisotopic (exact) mass is 289 g/mol. The van der Waals surface area contributed by atoms with Crippen LogP contribution in [0.1, 0.15) is 32.6 Å². The van der Waals surface area contributed by atoms with Crippen molar-refractivity contribution in [1.29, 1.82) is 5.26 Å². The third-order valence-electron chi connectivity index (χ3n) is 3.31. The van der Waals surface area contributed by atoms with Gasteiger partial charge in [-0.25, -0.2) is 4.98 Å². The van der Waals surface area contributed by atoms with Crippen LogP contribution in [0.2, 0.25) is 0 Å². The summed E-state index contributed by atoms with van der Waals surface area (Å²) >= 11 is 0. The standard InChI is InChI=1S/C14H19N5O2/c1-2-7-16-13-9-12(19(20)21)10-14(17-13)18(8-3-6-15)11-4-5-11/h9-11H,2-5,7-8H2,1H3,(H,16,17). The zero-order valence-corrected chi connectivity index (χ0v) is 12.1. The second kappa shape index (κ2) is 6.88. The van der Waals surface area contributed by atoms with Gasteiger partial charge in [0, 0.05) is 19.1 Å². The fourth-order valence-corrected chi connectivity index (χ4v) is 2.14. The van der Waals surface area contributed by atoms with E-state index in [2.05, 4.69) is 16.4 Å². The van der Waals surface area contributed by atoms with Gasteiger partial charge in [-0.15, -0.1) is 0 Å². The van der Waals surface area contributed by atoms with Gasteiger partial charge in [0.1, 0.15) is 11.6 Å². The first kappa shape index (κ1) is 15.0. The summed E-state index contributed by atoms with van der Waals surface area (Å²) in [7, 11) is 0. The lowest BCUT2D eigenvalue weighted by atomic mass is 10.3. The SMILES string of the molecule is CCCNc1cc([N+](=O)[O-])cc(N(CCC#N)C2CC2)n1. The molecule has 1 aliphatic rings. The molecule has 0 amide bonds. The molecule has 0 radical (unpaired) electrons. The maximum absolute atomic E-state index is 11.1. The van der Waals surface area contributed by atoms with Gasteiger partial charge in [0.05, 0.1) is 29.5 Å². The number of hydrogen-bond donors (Lipinski definition) is 1. The van der Waals surface area contributed by atoms with Crippen molar-refractivity contribution in [3.05, 3.63) is 22.2 Å². The second-order valence-electron chi connectivity index (χ2n) is 5.09.